The number of benzene rings is 1. The van der Waals surface area contributed by atoms with E-state index < -0.39 is 0 Å². The van der Waals surface area contributed by atoms with Crippen molar-refractivity contribution in [3.63, 3.8) is 0 Å². The molecule has 0 aliphatic carbocycles. The predicted molar refractivity (Wildman–Crippen MR) is 81.2 cm³/mol. The summed E-state index contributed by atoms with van der Waals surface area (Å²) in [6.07, 6.45) is 4.45. The second-order valence-corrected chi connectivity index (χ2v) is 5.36. The number of aromatic nitrogens is 2. The molecule has 1 aromatic carbocycles. The lowest BCUT2D eigenvalue weighted by molar-refractivity contribution is 0.541. The molecule has 0 spiro atoms. The van der Waals surface area contributed by atoms with Crippen molar-refractivity contribution in [1.82, 2.24) is 9.55 Å². The smallest absolute Gasteiger partial charge is 0.126 e. The van der Waals surface area contributed by atoms with Crippen LogP contribution in [0, 0.1) is 6.92 Å². The molecule has 0 saturated carbocycles. The molecule has 0 fully saturated rings. The van der Waals surface area contributed by atoms with Crippen LogP contribution in [0.4, 0.5) is 0 Å². The first-order valence-electron chi connectivity index (χ1n) is 7.39. The molecule has 1 aromatic heterocycles. The van der Waals surface area contributed by atoms with Gasteiger partial charge >= 0.3 is 0 Å². The molecule has 2 aromatic rings. The van der Waals surface area contributed by atoms with Crippen LogP contribution in [0.2, 0.25) is 0 Å². The van der Waals surface area contributed by atoms with Crippen molar-refractivity contribution in [3.8, 4) is 0 Å². The van der Waals surface area contributed by atoms with E-state index in [-0.39, 0.29) is 6.04 Å². The zero-order valence-corrected chi connectivity index (χ0v) is 12.3. The Morgan fingerprint density at radius 3 is 2.74 bits per heavy atom. The van der Waals surface area contributed by atoms with Crippen LogP contribution in [0.25, 0.3) is 11.0 Å². The summed E-state index contributed by atoms with van der Waals surface area (Å²) in [6, 6.07) is 6.53. The van der Waals surface area contributed by atoms with Crippen molar-refractivity contribution in [1.29, 1.82) is 0 Å². The Morgan fingerprint density at radius 2 is 2.05 bits per heavy atom. The van der Waals surface area contributed by atoms with Crippen LogP contribution in [-0.4, -0.2) is 9.55 Å². The Morgan fingerprint density at radius 1 is 1.26 bits per heavy atom. The quantitative estimate of drug-likeness (QED) is 0.853. The second-order valence-electron chi connectivity index (χ2n) is 5.36. The highest BCUT2D eigenvalue weighted by molar-refractivity contribution is 5.77. The van der Waals surface area contributed by atoms with E-state index in [4.69, 9.17) is 10.7 Å². The van der Waals surface area contributed by atoms with Crippen LogP contribution in [-0.2, 0) is 6.54 Å². The monoisotopic (exact) mass is 259 g/mol. The number of imidazole rings is 1. The van der Waals surface area contributed by atoms with Gasteiger partial charge in [0.15, 0.2) is 0 Å². The number of rotatable bonds is 6. The van der Waals surface area contributed by atoms with Crippen molar-refractivity contribution in [2.75, 3.05) is 0 Å². The molecular weight excluding hydrogens is 234 g/mol. The van der Waals surface area contributed by atoms with Crippen molar-refractivity contribution < 1.29 is 0 Å². The summed E-state index contributed by atoms with van der Waals surface area (Å²) >= 11 is 0. The van der Waals surface area contributed by atoms with Gasteiger partial charge in [0.05, 0.1) is 17.1 Å². The zero-order valence-electron chi connectivity index (χ0n) is 12.3. The minimum Gasteiger partial charge on any atom is -0.327 e. The maximum atomic E-state index is 6.30. The third-order valence-electron chi connectivity index (χ3n) is 3.60. The third-order valence-corrected chi connectivity index (χ3v) is 3.60. The first-order valence-corrected chi connectivity index (χ1v) is 7.39. The van der Waals surface area contributed by atoms with Gasteiger partial charge in [-0.1, -0.05) is 32.8 Å². The van der Waals surface area contributed by atoms with Gasteiger partial charge in [-0.15, -0.1) is 0 Å². The summed E-state index contributed by atoms with van der Waals surface area (Å²) in [7, 11) is 0. The number of aryl methyl sites for hydroxylation is 2. The minimum absolute atomic E-state index is 0.0505. The van der Waals surface area contributed by atoms with Crippen LogP contribution in [0.15, 0.2) is 18.2 Å². The van der Waals surface area contributed by atoms with Crippen LogP contribution >= 0.6 is 0 Å². The van der Waals surface area contributed by atoms with Gasteiger partial charge in [0.25, 0.3) is 0 Å². The standard InChI is InChI=1S/C16H25N3/c1-4-6-10-19-15-9-8-12(3)11-14(15)18-16(19)13(17)7-5-2/h8-9,11,13H,4-7,10,17H2,1-3H3. The minimum atomic E-state index is 0.0505. The fourth-order valence-corrected chi connectivity index (χ4v) is 2.53. The van der Waals surface area contributed by atoms with Crippen molar-refractivity contribution in [3.05, 3.63) is 29.6 Å². The molecule has 3 nitrogen and oxygen atoms in total. The van der Waals surface area contributed by atoms with E-state index in [1.807, 2.05) is 0 Å². The molecule has 2 N–H and O–H groups in total. The summed E-state index contributed by atoms with van der Waals surface area (Å²) in [5, 5.41) is 0. The van der Waals surface area contributed by atoms with Gasteiger partial charge in [-0.2, -0.15) is 0 Å². The largest absolute Gasteiger partial charge is 0.327 e. The van der Waals surface area contributed by atoms with E-state index >= 15 is 0 Å². The van der Waals surface area contributed by atoms with Crippen molar-refractivity contribution in [2.24, 2.45) is 5.73 Å². The van der Waals surface area contributed by atoms with E-state index in [0.29, 0.717) is 0 Å². The molecule has 0 saturated heterocycles. The zero-order chi connectivity index (χ0) is 13.8. The molecule has 2 rings (SSSR count). The molecule has 1 atom stereocenters. The fraction of sp³-hybridized carbons (Fsp3) is 0.562. The number of unbranched alkanes of at least 4 members (excludes halogenated alkanes) is 1. The molecule has 0 bridgehead atoms. The van der Waals surface area contributed by atoms with Crippen LogP contribution < -0.4 is 5.73 Å². The highest BCUT2D eigenvalue weighted by Gasteiger charge is 2.16. The number of nitrogens with two attached hydrogens (primary N) is 1. The highest BCUT2D eigenvalue weighted by Crippen LogP contribution is 2.23. The lowest BCUT2D eigenvalue weighted by atomic mass is 10.1. The average molecular weight is 259 g/mol. The maximum absolute atomic E-state index is 6.30. The van der Waals surface area contributed by atoms with Crippen LogP contribution in [0.3, 0.4) is 0 Å². The summed E-state index contributed by atoms with van der Waals surface area (Å²) in [4.78, 5) is 4.78. The van der Waals surface area contributed by atoms with E-state index in [9.17, 15) is 0 Å². The van der Waals surface area contributed by atoms with Gasteiger partial charge in [0.2, 0.25) is 0 Å². The van der Waals surface area contributed by atoms with Crippen molar-refractivity contribution in [2.45, 2.75) is 59.0 Å². The van der Waals surface area contributed by atoms with Gasteiger partial charge in [-0.3, -0.25) is 0 Å². The highest BCUT2D eigenvalue weighted by atomic mass is 15.1. The lowest BCUT2D eigenvalue weighted by Gasteiger charge is -2.13. The molecule has 1 unspecified atom stereocenters. The van der Waals surface area contributed by atoms with E-state index in [1.165, 1.54) is 23.9 Å². The van der Waals surface area contributed by atoms with Crippen molar-refractivity contribution >= 4 is 11.0 Å². The number of nitrogens with zero attached hydrogens (tertiary/aromatic N) is 2. The van der Waals surface area contributed by atoms with Gasteiger partial charge < -0.3 is 10.3 Å². The Labute approximate surface area is 115 Å². The van der Waals surface area contributed by atoms with Gasteiger partial charge in [0, 0.05) is 6.54 Å². The number of hydrogen-bond acceptors (Lipinski definition) is 2. The summed E-state index contributed by atoms with van der Waals surface area (Å²) < 4.78 is 2.32. The topological polar surface area (TPSA) is 43.8 Å². The van der Waals surface area contributed by atoms with Crippen LogP contribution in [0.1, 0.15) is 57.0 Å². The van der Waals surface area contributed by atoms with Gasteiger partial charge in [0.1, 0.15) is 5.82 Å². The fourth-order valence-electron chi connectivity index (χ4n) is 2.53. The molecule has 0 amide bonds. The molecule has 0 radical (unpaired) electrons. The SMILES string of the molecule is CCCCn1c(C(N)CCC)nc2cc(C)ccc21. The number of fused-ring (bicyclic) bond motifs is 1. The predicted octanol–water partition coefficient (Wildman–Crippen LogP) is 3.94. The summed E-state index contributed by atoms with van der Waals surface area (Å²) in [6.45, 7) is 7.51. The normalized spacial score (nSPS) is 13.1. The van der Waals surface area contributed by atoms with E-state index in [1.54, 1.807) is 0 Å². The Balaban J connectivity index is 2.47. The molecule has 0 aliphatic rings. The summed E-state index contributed by atoms with van der Waals surface area (Å²) in [5.41, 5.74) is 9.85. The maximum Gasteiger partial charge on any atom is 0.126 e. The second kappa shape index (κ2) is 6.20. The van der Waals surface area contributed by atoms with Gasteiger partial charge in [-0.25, -0.2) is 4.98 Å². The van der Waals surface area contributed by atoms with E-state index in [0.717, 1.165) is 30.7 Å². The Hall–Kier alpha value is -1.35. The Kier molecular flexibility index (Phi) is 4.59. The molecule has 1 heterocycles. The molecule has 19 heavy (non-hydrogen) atoms. The molecule has 104 valence electrons. The molecule has 0 aliphatic heterocycles. The first kappa shape index (κ1) is 14.1. The Bertz CT molecular complexity index is 542. The first-order chi connectivity index (χ1) is 9.17. The summed E-state index contributed by atoms with van der Waals surface area (Å²) in [5.74, 6) is 1.05. The molecular formula is C16H25N3. The third kappa shape index (κ3) is 2.98. The number of hydrogen-bond donors (Lipinski definition) is 1. The van der Waals surface area contributed by atoms with Crippen LogP contribution in [0.5, 0.6) is 0 Å². The lowest BCUT2D eigenvalue weighted by Crippen LogP contribution is -2.16. The average Bonchev–Trinajstić information content (AvgIpc) is 2.74. The van der Waals surface area contributed by atoms with Gasteiger partial charge in [-0.05, 0) is 37.5 Å². The molecule has 3 heteroatoms. The van der Waals surface area contributed by atoms with E-state index in [2.05, 4.69) is 43.5 Å².